The van der Waals surface area contributed by atoms with Crippen LogP contribution in [-0.2, 0) is 0 Å². The fraction of sp³-hybridized carbons (Fsp3) is 0.371. The van der Waals surface area contributed by atoms with Gasteiger partial charge in [-0.05, 0) is 123 Å². The standard InChI is InChI=1S/C35H42ClFO/c1-9-23(5)29(14-12-20-38-33-15-11-13-27-21-28(37)16-17-31(27)33)30-18-19-32(36)35(26(30)8)34(24(6)10-2)25(7)22(3)4/h10-11,13,15-19,21-22H,9,12,14,20H2,1-8H3/b24-10-,29-23-,34-25+. The number of ether oxygens (including phenoxy) is 1. The molecule has 0 amide bonds. The van der Waals surface area contributed by atoms with Gasteiger partial charge in [0.1, 0.15) is 11.6 Å². The maximum absolute atomic E-state index is 13.7. The van der Waals surface area contributed by atoms with Crippen LogP contribution in [0.2, 0.25) is 5.02 Å². The van der Waals surface area contributed by atoms with Crippen molar-refractivity contribution in [2.75, 3.05) is 6.61 Å². The van der Waals surface area contributed by atoms with E-state index in [1.165, 1.54) is 45.1 Å². The average molecular weight is 533 g/mol. The van der Waals surface area contributed by atoms with Gasteiger partial charge in [0.2, 0.25) is 0 Å². The molecule has 1 nitrogen and oxygen atoms in total. The van der Waals surface area contributed by atoms with Crippen molar-refractivity contribution in [2.24, 2.45) is 5.92 Å². The predicted octanol–water partition coefficient (Wildman–Crippen LogP) is 11.4. The van der Waals surface area contributed by atoms with Crippen LogP contribution in [-0.4, -0.2) is 6.61 Å². The minimum atomic E-state index is -0.233. The van der Waals surface area contributed by atoms with Gasteiger partial charge in [-0.2, -0.15) is 0 Å². The zero-order valence-electron chi connectivity index (χ0n) is 24.3. The Morgan fingerprint density at radius 2 is 1.79 bits per heavy atom. The molecule has 0 heterocycles. The molecule has 38 heavy (non-hydrogen) atoms. The monoisotopic (exact) mass is 532 g/mol. The molecule has 0 radical (unpaired) electrons. The lowest BCUT2D eigenvalue weighted by atomic mass is 9.83. The Balaban J connectivity index is 1.93. The molecule has 0 bridgehead atoms. The highest BCUT2D eigenvalue weighted by molar-refractivity contribution is 6.33. The van der Waals surface area contributed by atoms with E-state index in [9.17, 15) is 4.39 Å². The number of rotatable bonds is 10. The Labute approximate surface area is 234 Å². The second-order valence-electron chi connectivity index (χ2n) is 10.5. The fourth-order valence-corrected chi connectivity index (χ4v) is 5.32. The van der Waals surface area contributed by atoms with Crippen LogP contribution in [0.15, 0.2) is 71.3 Å². The van der Waals surface area contributed by atoms with Crippen molar-refractivity contribution in [3.05, 3.63) is 98.9 Å². The van der Waals surface area contributed by atoms with E-state index in [1.807, 2.05) is 18.2 Å². The SMILES string of the molecule is C/C=C(C)\C(=C(\C)C(C)C)c1c(Cl)ccc(/C(CCCOc2cccc3cc(F)ccc23)=C(/C)CC)c1C. The van der Waals surface area contributed by atoms with E-state index in [4.69, 9.17) is 16.3 Å². The molecule has 0 unspecified atom stereocenters. The lowest BCUT2D eigenvalue weighted by Gasteiger charge is -2.23. The summed E-state index contributed by atoms with van der Waals surface area (Å²) in [6.45, 7) is 18.2. The van der Waals surface area contributed by atoms with Gasteiger partial charge in [0.15, 0.2) is 0 Å². The summed E-state index contributed by atoms with van der Waals surface area (Å²) in [5, 5.41) is 2.59. The number of fused-ring (bicyclic) bond motifs is 1. The molecule has 0 N–H and O–H groups in total. The lowest BCUT2D eigenvalue weighted by molar-refractivity contribution is 0.316. The Morgan fingerprint density at radius 1 is 1.05 bits per heavy atom. The van der Waals surface area contributed by atoms with Gasteiger partial charge in [-0.3, -0.25) is 0 Å². The van der Waals surface area contributed by atoms with Gasteiger partial charge < -0.3 is 4.74 Å². The fourth-order valence-electron chi connectivity index (χ4n) is 5.02. The maximum atomic E-state index is 13.7. The second kappa shape index (κ2) is 13.3. The molecule has 0 saturated heterocycles. The number of benzene rings is 3. The first-order chi connectivity index (χ1) is 18.1. The van der Waals surface area contributed by atoms with Gasteiger partial charge in [0, 0.05) is 16.0 Å². The smallest absolute Gasteiger partial charge is 0.127 e. The quantitative estimate of drug-likeness (QED) is 0.186. The number of hydrogen-bond donors (Lipinski definition) is 0. The molecule has 0 fully saturated rings. The van der Waals surface area contributed by atoms with E-state index < -0.39 is 0 Å². The molecule has 0 saturated carbocycles. The molecule has 3 aromatic carbocycles. The van der Waals surface area contributed by atoms with Crippen molar-refractivity contribution in [3.63, 3.8) is 0 Å². The number of hydrogen-bond acceptors (Lipinski definition) is 1. The Hall–Kier alpha value is -2.84. The van der Waals surface area contributed by atoms with Gasteiger partial charge in [0.05, 0.1) is 6.61 Å². The molecule has 0 aromatic heterocycles. The van der Waals surface area contributed by atoms with Crippen molar-refractivity contribution in [3.8, 4) is 5.75 Å². The molecular formula is C35H42ClFO. The van der Waals surface area contributed by atoms with E-state index in [2.05, 4.69) is 73.6 Å². The highest BCUT2D eigenvalue weighted by Crippen LogP contribution is 2.40. The van der Waals surface area contributed by atoms with Gasteiger partial charge in [-0.15, -0.1) is 0 Å². The van der Waals surface area contributed by atoms with Crippen LogP contribution in [0.3, 0.4) is 0 Å². The Kier molecular flexibility index (Phi) is 10.4. The minimum Gasteiger partial charge on any atom is -0.493 e. The first-order valence-electron chi connectivity index (χ1n) is 13.7. The highest BCUT2D eigenvalue weighted by Gasteiger charge is 2.20. The summed E-state index contributed by atoms with van der Waals surface area (Å²) < 4.78 is 19.9. The van der Waals surface area contributed by atoms with Crippen LogP contribution in [0.5, 0.6) is 5.75 Å². The van der Waals surface area contributed by atoms with E-state index in [-0.39, 0.29) is 5.82 Å². The summed E-state index contributed by atoms with van der Waals surface area (Å²) >= 11 is 6.90. The summed E-state index contributed by atoms with van der Waals surface area (Å²) in [5.74, 6) is 0.989. The van der Waals surface area contributed by atoms with Crippen molar-refractivity contribution >= 4 is 33.5 Å². The van der Waals surface area contributed by atoms with E-state index in [1.54, 1.807) is 12.1 Å². The van der Waals surface area contributed by atoms with Gasteiger partial charge in [0.25, 0.3) is 0 Å². The van der Waals surface area contributed by atoms with Crippen LogP contribution in [0.25, 0.3) is 21.9 Å². The van der Waals surface area contributed by atoms with Crippen LogP contribution < -0.4 is 4.74 Å². The highest BCUT2D eigenvalue weighted by atomic mass is 35.5. The molecule has 0 aliphatic heterocycles. The molecule has 0 aliphatic rings. The topological polar surface area (TPSA) is 9.23 Å². The first-order valence-corrected chi connectivity index (χ1v) is 14.1. The summed E-state index contributed by atoms with van der Waals surface area (Å²) in [5.41, 5.74) is 10.3. The van der Waals surface area contributed by atoms with Crippen LogP contribution in [0.4, 0.5) is 4.39 Å². The zero-order valence-corrected chi connectivity index (χ0v) is 25.0. The van der Waals surface area contributed by atoms with E-state index in [0.29, 0.717) is 12.5 Å². The summed E-state index contributed by atoms with van der Waals surface area (Å²) in [4.78, 5) is 0. The summed E-state index contributed by atoms with van der Waals surface area (Å²) in [6.07, 6.45) is 4.95. The number of halogens is 2. The minimum absolute atomic E-state index is 0.233. The number of allylic oxidation sites excluding steroid dienone is 6. The van der Waals surface area contributed by atoms with Gasteiger partial charge in [-0.25, -0.2) is 4.39 Å². The molecule has 3 rings (SSSR count). The average Bonchev–Trinajstić information content (AvgIpc) is 2.90. The van der Waals surface area contributed by atoms with Gasteiger partial charge in [-0.1, -0.05) is 67.8 Å². The normalized spacial score (nSPS) is 13.6. The molecule has 3 aromatic rings. The molecule has 0 aliphatic carbocycles. The molecule has 0 spiro atoms. The first kappa shape index (κ1) is 29.7. The molecular weight excluding hydrogens is 491 g/mol. The van der Waals surface area contributed by atoms with E-state index in [0.717, 1.165) is 46.4 Å². The summed E-state index contributed by atoms with van der Waals surface area (Å²) in [6, 6.07) is 14.9. The van der Waals surface area contributed by atoms with Crippen molar-refractivity contribution < 1.29 is 9.13 Å². The van der Waals surface area contributed by atoms with Crippen molar-refractivity contribution in [1.29, 1.82) is 0 Å². The van der Waals surface area contributed by atoms with Crippen LogP contribution in [0.1, 0.15) is 84.4 Å². The van der Waals surface area contributed by atoms with Crippen LogP contribution >= 0.6 is 11.6 Å². The molecule has 3 heteroatoms. The zero-order chi connectivity index (χ0) is 28.0. The third-order valence-electron chi connectivity index (χ3n) is 7.75. The predicted molar refractivity (Wildman–Crippen MR) is 165 cm³/mol. The largest absolute Gasteiger partial charge is 0.493 e. The third-order valence-corrected chi connectivity index (χ3v) is 8.07. The molecule has 0 atom stereocenters. The molecule has 202 valence electrons. The maximum Gasteiger partial charge on any atom is 0.127 e. The van der Waals surface area contributed by atoms with Gasteiger partial charge >= 0.3 is 0 Å². The van der Waals surface area contributed by atoms with Crippen molar-refractivity contribution in [1.82, 2.24) is 0 Å². The van der Waals surface area contributed by atoms with Crippen LogP contribution in [0, 0.1) is 18.7 Å². The lowest BCUT2D eigenvalue weighted by Crippen LogP contribution is -2.04. The van der Waals surface area contributed by atoms with E-state index >= 15 is 0 Å². The Morgan fingerprint density at radius 3 is 2.45 bits per heavy atom. The second-order valence-corrected chi connectivity index (χ2v) is 10.9. The summed E-state index contributed by atoms with van der Waals surface area (Å²) in [7, 11) is 0. The third kappa shape index (κ3) is 6.59. The Bertz CT molecular complexity index is 1390. The van der Waals surface area contributed by atoms with Crippen molar-refractivity contribution in [2.45, 2.75) is 74.7 Å².